The van der Waals surface area contributed by atoms with Gasteiger partial charge in [0.05, 0.1) is 7.11 Å². The molecular weight excluding hydrogens is 252 g/mol. The predicted molar refractivity (Wildman–Crippen MR) is 78.7 cm³/mol. The molecule has 0 fully saturated rings. The Morgan fingerprint density at radius 1 is 1.20 bits per heavy atom. The van der Waals surface area contributed by atoms with E-state index in [1.807, 2.05) is 42.5 Å². The molecule has 0 aliphatic heterocycles. The van der Waals surface area contributed by atoms with Crippen LogP contribution >= 0.6 is 0 Å². The number of ether oxygens (including phenoxy) is 1. The van der Waals surface area contributed by atoms with E-state index in [0.717, 1.165) is 17.0 Å². The third kappa shape index (κ3) is 3.41. The van der Waals surface area contributed by atoms with Crippen molar-refractivity contribution < 1.29 is 4.74 Å². The molecule has 2 aromatic rings. The fourth-order valence-electron chi connectivity index (χ4n) is 1.79. The van der Waals surface area contributed by atoms with Gasteiger partial charge in [0.1, 0.15) is 5.75 Å². The van der Waals surface area contributed by atoms with E-state index in [1.165, 1.54) is 0 Å². The summed E-state index contributed by atoms with van der Waals surface area (Å²) in [6, 6.07) is 15.2. The Bertz CT molecular complexity index is 608. The van der Waals surface area contributed by atoms with E-state index in [2.05, 4.69) is 10.4 Å². The molecular formula is C15H16N4O. The van der Waals surface area contributed by atoms with Crippen LogP contribution in [0.1, 0.15) is 11.1 Å². The molecule has 0 saturated heterocycles. The molecule has 0 spiro atoms. The van der Waals surface area contributed by atoms with Crippen molar-refractivity contribution in [1.82, 2.24) is 0 Å². The lowest BCUT2D eigenvalue weighted by Crippen LogP contribution is -2.01. The van der Waals surface area contributed by atoms with Gasteiger partial charge in [0, 0.05) is 17.8 Å². The van der Waals surface area contributed by atoms with Crippen LogP contribution in [0.15, 0.2) is 53.6 Å². The maximum Gasteiger partial charge on any atom is 0.173 e. The molecule has 0 amide bonds. The van der Waals surface area contributed by atoms with Crippen molar-refractivity contribution in [3.05, 3.63) is 59.7 Å². The van der Waals surface area contributed by atoms with Gasteiger partial charge >= 0.3 is 0 Å². The maximum absolute atomic E-state index is 7.52. The zero-order valence-corrected chi connectivity index (χ0v) is 11.2. The summed E-state index contributed by atoms with van der Waals surface area (Å²) < 4.78 is 5.11. The summed E-state index contributed by atoms with van der Waals surface area (Å²) in [4.78, 5) is 0. The van der Waals surface area contributed by atoms with E-state index in [-0.39, 0.29) is 5.84 Å². The second kappa shape index (κ2) is 6.47. The molecule has 0 bridgehead atoms. The van der Waals surface area contributed by atoms with E-state index in [1.54, 1.807) is 13.2 Å². The van der Waals surface area contributed by atoms with Crippen molar-refractivity contribution in [2.24, 2.45) is 5.11 Å². The van der Waals surface area contributed by atoms with Crippen LogP contribution in [-0.2, 0) is 6.54 Å². The number of methoxy groups -OCH3 is 1. The minimum atomic E-state index is -0.0434. The second-order valence-electron chi connectivity index (χ2n) is 4.24. The number of amidine groups is 1. The lowest BCUT2D eigenvalue weighted by atomic mass is 10.1. The predicted octanol–water partition coefficient (Wildman–Crippen LogP) is 3.66. The maximum atomic E-state index is 7.52. The van der Waals surface area contributed by atoms with Crippen LogP contribution in [0.5, 0.6) is 5.75 Å². The zero-order chi connectivity index (χ0) is 14.4. The van der Waals surface area contributed by atoms with Gasteiger partial charge in [-0.15, -0.1) is 5.11 Å². The van der Waals surface area contributed by atoms with Crippen LogP contribution < -0.4 is 10.1 Å². The molecule has 0 saturated carbocycles. The van der Waals surface area contributed by atoms with Gasteiger partial charge in [0.2, 0.25) is 0 Å². The van der Waals surface area contributed by atoms with E-state index in [4.69, 9.17) is 15.7 Å². The SMILES string of the molecule is COc1ccc(CNc2cccc(C(=N)N=N)c2)cc1. The van der Waals surface area contributed by atoms with E-state index >= 15 is 0 Å². The van der Waals surface area contributed by atoms with Gasteiger partial charge in [-0.2, -0.15) is 0 Å². The first-order valence-electron chi connectivity index (χ1n) is 6.16. The van der Waals surface area contributed by atoms with Crippen LogP contribution in [0.3, 0.4) is 0 Å². The molecule has 3 N–H and O–H groups in total. The van der Waals surface area contributed by atoms with Gasteiger partial charge < -0.3 is 10.1 Å². The second-order valence-corrected chi connectivity index (χ2v) is 4.24. The van der Waals surface area contributed by atoms with Crippen LogP contribution in [0.4, 0.5) is 5.69 Å². The van der Waals surface area contributed by atoms with Crippen LogP contribution in [0, 0.1) is 10.9 Å². The van der Waals surface area contributed by atoms with E-state index < -0.39 is 0 Å². The molecule has 0 aliphatic carbocycles. The number of hydrogen-bond acceptors (Lipinski definition) is 4. The van der Waals surface area contributed by atoms with Gasteiger partial charge in [-0.05, 0) is 29.8 Å². The molecule has 102 valence electrons. The topological polar surface area (TPSA) is 81.3 Å². The molecule has 2 rings (SSSR count). The van der Waals surface area contributed by atoms with Gasteiger partial charge in [0.15, 0.2) is 5.84 Å². The first-order chi connectivity index (χ1) is 9.72. The summed E-state index contributed by atoms with van der Waals surface area (Å²) in [5, 5.41) is 13.9. The molecule has 0 heterocycles. The molecule has 5 nitrogen and oxygen atoms in total. The van der Waals surface area contributed by atoms with Gasteiger partial charge in [-0.25, -0.2) is 5.53 Å². The van der Waals surface area contributed by atoms with Crippen molar-refractivity contribution >= 4 is 11.5 Å². The molecule has 0 aliphatic rings. The minimum absolute atomic E-state index is 0.0434. The van der Waals surface area contributed by atoms with Crippen LogP contribution in [0.25, 0.3) is 0 Å². The standard InChI is InChI=1S/C15H16N4O/c1-20-14-7-5-11(6-8-14)10-18-13-4-2-3-12(9-13)15(16)19-17/h2-9,16-18H,10H2,1H3. The molecule has 0 unspecified atom stereocenters. The number of hydrogen-bond donors (Lipinski definition) is 3. The Morgan fingerprint density at radius 3 is 2.60 bits per heavy atom. The van der Waals surface area contributed by atoms with Crippen molar-refractivity contribution in [3.63, 3.8) is 0 Å². The smallest absolute Gasteiger partial charge is 0.173 e. The molecule has 20 heavy (non-hydrogen) atoms. The summed E-state index contributed by atoms with van der Waals surface area (Å²) in [6.07, 6.45) is 0. The molecule has 2 aromatic carbocycles. The van der Waals surface area contributed by atoms with E-state index in [9.17, 15) is 0 Å². The quantitative estimate of drug-likeness (QED) is 0.439. The summed E-state index contributed by atoms with van der Waals surface area (Å²) in [6.45, 7) is 0.679. The van der Waals surface area contributed by atoms with Crippen molar-refractivity contribution in [2.75, 3.05) is 12.4 Å². The first kappa shape index (κ1) is 13.7. The summed E-state index contributed by atoms with van der Waals surface area (Å²) >= 11 is 0. The van der Waals surface area contributed by atoms with Crippen molar-refractivity contribution in [3.8, 4) is 5.75 Å². The van der Waals surface area contributed by atoms with Crippen LogP contribution in [0.2, 0.25) is 0 Å². The van der Waals surface area contributed by atoms with Gasteiger partial charge in [-0.1, -0.05) is 24.3 Å². The minimum Gasteiger partial charge on any atom is -0.497 e. The number of nitrogens with one attached hydrogen (secondary N) is 3. The zero-order valence-electron chi connectivity index (χ0n) is 11.2. The lowest BCUT2D eigenvalue weighted by molar-refractivity contribution is 0.414. The fourth-order valence-corrected chi connectivity index (χ4v) is 1.79. The number of benzene rings is 2. The Morgan fingerprint density at radius 2 is 1.95 bits per heavy atom. The van der Waals surface area contributed by atoms with Crippen molar-refractivity contribution in [1.29, 1.82) is 10.9 Å². The summed E-state index contributed by atoms with van der Waals surface area (Å²) in [5.74, 6) is 0.791. The average Bonchev–Trinajstić information content (AvgIpc) is 2.53. The Labute approximate surface area is 117 Å². The monoisotopic (exact) mass is 268 g/mol. The van der Waals surface area contributed by atoms with E-state index in [0.29, 0.717) is 12.1 Å². The number of rotatable bonds is 5. The summed E-state index contributed by atoms with van der Waals surface area (Å²) in [7, 11) is 1.64. The van der Waals surface area contributed by atoms with Gasteiger partial charge in [0.25, 0.3) is 0 Å². The Balaban J connectivity index is 2.02. The Hall–Kier alpha value is -2.69. The highest BCUT2D eigenvalue weighted by molar-refractivity contribution is 5.97. The molecule has 5 heteroatoms. The molecule has 0 aromatic heterocycles. The third-order valence-electron chi connectivity index (χ3n) is 2.90. The number of anilines is 1. The lowest BCUT2D eigenvalue weighted by Gasteiger charge is -2.08. The highest BCUT2D eigenvalue weighted by Gasteiger charge is 2.01. The average molecular weight is 268 g/mol. The van der Waals surface area contributed by atoms with Crippen molar-refractivity contribution in [2.45, 2.75) is 6.54 Å². The molecule has 0 radical (unpaired) electrons. The first-order valence-corrected chi connectivity index (χ1v) is 6.16. The highest BCUT2D eigenvalue weighted by Crippen LogP contribution is 2.15. The third-order valence-corrected chi connectivity index (χ3v) is 2.90. The highest BCUT2D eigenvalue weighted by atomic mass is 16.5. The largest absolute Gasteiger partial charge is 0.497 e. The Kier molecular flexibility index (Phi) is 4.44. The number of nitrogens with zero attached hydrogens (tertiary/aromatic N) is 1. The summed E-state index contributed by atoms with van der Waals surface area (Å²) in [5.41, 5.74) is 9.52. The normalized spacial score (nSPS) is 9.85. The van der Waals surface area contributed by atoms with Gasteiger partial charge in [-0.3, -0.25) is 5.41 Å². The fraction of sp³-hybridized carbons (Fsp3) is 0.133. The van der Waals surface area contributed by atoms with Crippen LogP contribution in [-0.4, -0.2) is 12.9 Å². The molecule has 0 atom stereocenters.